The van der Waals surface area contributed by atoms with E-state index in [1.807, 2.05) is 6.92 Å². The molecule has 1 N–H and O–H groups in total. The Morgan fingerprint density at radius 3 is 2.94 bits per heavy atom. The number of hydrogen-bond donors (Lipinski definition) is 1. The molecule has 84 valence electrons. The van der Waals surface area contributed by atoms with Gasteiger partial charge in [-0.2, -0.15) is 0 Å². The summed E-state index contributed by atoms with van der Waals surface area (Å²) in [6, 6.07) is 5.15. The first kappa shape index (κ1) is 11.0. The number of halogens is 1. The Hall–Kier alpha value is -1.55. The Kier molecular flexibility index (Phi) is 2.83. The Labute approximate surface area is 97.5 Å². The van der Waals surface area contributed by atoms with Crippen LogP contribution in [0.25, 0.3) is 5.65 Å². The lowest BCUT2D eigenvalue weighted by molar-refractivity contribution is 0.0688. The van der Waals surface area contributed by atoms with Gasteiger partial charge in [-0.25, -0.2) is 9.78 Å². The summed E-state index contributed by atoms with van der Waals surface area (Å²) in [6.07, 6.45) is 1.49. The minimum Gasteiger partial charge on any atom is -0.477 e. The van der Waals surface area contributed by atoms with Crippen molar-refractivity contribution in [2.24, 2.45) is 0 Å². The van der Waals surface area contributed by atoms with E-state index in [2.05, 4.69) is 4.98 Å². The maximum absolute atomic E-state index is 11.2. The van der Waals surface area contributed by atoms with Gasteiger partial charge in [0.05, 0.1) is 5.69 Å². The normalized spacial score (nSPS) is 10.9. The van der Waals surface area contributed by atoms with E-state index >= 15 is 0 Å². The summed E-state index contributed by atoms with van der Waals surface area (Å²) < 4.78 is 1.47. The first-order valence-electron chi connectivity index (χ1n) is 5.04. The van der Waals surface area contributed by atoms with Crippen LogP contribution in [0.5, 0.6) is 0 Å². The molecule has 0 unspecified atom stereocenters. The topological polar surface area (TPSA) is 54.6 Å². The quantitative estimate of drug-likeness (QED) is 0.837. The predicted octanol–water partition coefficient (Wildman–Crippen LogP) is 2.64. The average molecular weight is 239 g/mol. The van der Waals surface area contributed by atoms with E-state index < -0.39 is 5.97 Å². The molecule has 0 saturated heterocycles. The summed E-state index contributed by atoms with van der Waals surface area (Å²) in [4.78, 5) is 15.5. The van der Waals surface area contributed by atoms with Crippen LogP contribution in [0.3, 0.4) is 0 Å². The number of carbonyl (C=O) groups is 1. The molecule has 0 bridgehead atoms. The van der Waals surface area contributed by atoms with Gasteiger partial charge in [-0.05, 0) is 18.6 Å². The number of carboxylic acids is 1. The number of fused-ring (bicyclic) bond motifs is 1. The predicted molar refractivity (Wildman–Crippen MR) is 61.2 cm³/mol. The lowest BCUT2D eigenvalue weighted by atomic mass is 10.2. The monoisotopic (exact) mass is 238 g/mol. The van der Waals surface area contributed by atoms with Crippen molar-refractivity contribution in [1.82, 2.24) is 9.38 Å². The smallest absolute Gasteiger partial charge is 0.354 e. The molecule has 5 heteroatoms. The molecule has 0 aromatic carbocycles. The highest BCUT2D eigenvalue weighted by Gasteiger charge is 2.19. The third-order valence-corrected chi connectivity index (χ3v) is 2.65. The fourth-order valence-electron chi connectivity index (χ4n) is 1.73. The Morgan fingerprint density at radius 2 is 2.31 bits per heavy atom. The first-order chi connectivity index (χ1) is 7.65. The summed E-state index contributed by atoms with van der Waals surface area (Å²) in [6.45, 7) is 1.98. The zero-order chi connectivity index (χ0) is 11.7. The molecule has 2 aromatic rings. The van der Waals surface area contributed by atoms with Gasteiger partial charge >= 0.3 is 5.97 Å². The van der Waals surface area contributed by atoms with E-state index in [0.717, 1.165) is 6.42 Å². The van der Waals surface area contributed by atoms with Crippen molar-refractivity contribution in [3.05, 3.63) is 34.7 Å². The minimum absolute atomic E-state index is 0.169. The average Bonchev–Trinajstić information content (AvgIpc) is 2.58. The van der Waals surface area contributed by atoms with Crippen LogP contribution >= 0.6 is 11.6 Å². The van der Waals surface area contributed by atoms with Crippen molar-refractivity contribution in [3.63, 3.8) is 0 Å². The Balaban J connectivity index is 2.77. The van der Waals surface area contributed by atoms with E-state index in [4.69, 9.17) is 11.6 Å². The molecule has 0 amide bonds. The number of imidazole rings is 1. The maximum Gasteiger partial charge on any atom is 0.354 e. The van der Waals surface area contributed by atoms with Gasteiger partial charge in [0, 0.05) is 0 Å². The van der Waals surface area contributed by atoms with Crippen LogP contribution in [0.1, 0.15) is 29.5 Å². The zero-order valence-corrected chi connectivity index (χ0v) is 9.53. The second-order valence-corrected chi connectivity index (χ2v) is 3.89. The summed E-state index contributed by atoms with van der Waals surface area (Å²) in [7, 11) is 0. The molecule has 2 aromatic heterocycles. The first-order valence-corrected chi connectivity index (χ1v) is 5.42. The van der Waals surface area contributed by atoms with Gasteiger partial charge in [-0.1, -0.05) is 31.0 Å². The molecule has 16 heavy (non-hydrogen) atoms. The number of aryl methyl sites for hydroxylation is 1. The largest absolute Gasteiger partial charge is 0.477 e. The number of aromatic nitrogens is 2. The number of carboxylic acid groups (broad SMARTS) is 1. The zero-order valence-electron chi connectivity index (χ0n) is 8.77. The molecule has 2 rings (SSSR count). The van der Waals surface area contributed by atoms with Crippen LogP contribution in [0.4, 0.5) is 0 Å². The van der Waals surface area contributed by atoms with Gasteiger partial charge in [0.15, 0.2) is 5.69 Å². The van der Waals surface area contributed by atoms with Crippen LogP contribution in [-0.4, -0.2) is 20.5 Å². The van der Waals surface area contributed by atoms with Gasteiger partial charge < -0.3 is 5.11 Å². The molecular weight excluding hydrogens is 228 g/mol. The number of aromatic carboxylic acids is 1. The highest BCUT2D eigenvalue weighted by atomic mass is 35.5. The number of rotatable bonds is 3. The molecule has 0 saturated carbocycles. The van der Waals surface area contributed by atoms with E-state index in [9.17, 15) is 9.90 Å². The van der Waals surface area contributed by atoms with E-state index in [1.165, 1.54) is 4.40 Å². The van der Waals surface area contributed by atoms with Crippen molar-refractivity contribution < 1.29 is 9.90 Å². The van der Waals surface area contributed by atoms with Gasteiger partial charge in [0.1, 0.15) is 10.8 Å². The van der Waals surface area contributed by atoms with Crippen LogP contribution in [-0.2, 0) is 6.42 Å². The van der Waals surface area contributed by atoms with Crippen LogP contribution in [0, 0.1) is 0 Å². The maximum atomic E-state index is 11.2. The number of nitrogens with zero attached hydrogens (tertiary/aromatic N) is 2. The summed E-state index contributed by atoms with van der Waals surface area (Å²) in [5.74, 6) is -0.996. The van der Waals surface area contributed by atoms with Crippen LogP contribution in [0.15, 0.2) is 18.2 Å². The molecule has 0 fully saturated rings. The van der Waals surface area contributed by atoms with Crippen molar-refractivity contribution in [1.29, 1.82) is 0 Å². The van der Waals surface area contributed by atoms with Crippen molar-refractivity contribution in [3.8, 4) is 0 Å². The van der Waals surface area contributed by atoms with Gasteiger partial charge in [-0.15, -0.1) is 0 Å². The molecule has 0 radical (unpaired) electrons. The molecule has 0 aliphatic rings. The summed E-state index contributed by atoms with van der Waals surface area (Å²) in [5, 5.41) is 9.55. The molecule has 4 nitrogen and oxygen atoms in total. The van der Waals surface area contributed by atoms with Gasteiger partial charge in [0.2, 0.25) is 0 Å². The molecule has 0 atom stereocenters. The second kappa shape index (κ2) is 4.14. The number of pyridine rings is 1. The molecule has 0 aliphatic carbocycles. The van der Waals surface area contributed by atoms with Crippen LogP contribution < -0.4 is 0 Å². The van der Waals surface area contributed by atoms with Crippen LogP contribution in [0.2, 0.25) is 5.15 Å². The van der Waals surface area contributed by atoms with Gasteiger partial charge in [-0.3, -0.25) is 4.40 Å². The van der Waals surface area contributed by atoms with E-state index in [1.54, 1.807) is 18.2 Å². The van der Waals surface area contributed by atoms with Crippen molar-refractivity contribution >= 4 is 23.2 Å². The lowest BCUT2D eigenvalue weighted by Gasteiger charge is -2.00. The highest BCUT2D eigenvalue weighted by molar-refractivity contribution is 6.30. The highest BCUT2D eigenvalue weighted by Crippen LogP contribution is 2.19. The third kappa shape index (κ3) is 1.65. The minimum atomic E-state index is -0.996. The molecule has 2 heterocycles. The molecular formula is C11H11ClN2O2. The summed E-state index contributed by atoms with van der Waals surface area (Å²) >= 11 is 5.98. The third-order valence-electron chi connectivity index (χ3n) is 2.36. The Bertz CT molecular complexity index is 548. The fraction of sp³-hybridized carbons (Fsp3) is 0.273. The molecule has 0 aliphatic heterocycles. The standard InChI is InChI=1S/C11H11ClN2O2/c1-2-4-7-10(11(15)16)14-8(12)5-3-6-9(14)13-7/h3,5-6H,2,4H2,1H3,(H,15,16). The second-order valence-electron chi connectivity index (χ2n) is 3.50. The lowest BCUT2D eigenvalue weighted by Crippen LogP contribution is -2.06. The van der Waals surface area contributed by atoms with Crippen molar-refractivity contribution in [2.45, 2.75) is 19.8 Å². The molecule has 0 spiro atoms. The SMILES string of the molecule is CCCc1nc2cccc(Cl)n2c1C(=O)O. The van der Waals surface area contributed by atoms with E-state index in [0.29, 0.717) is 22.9 Å². The van der Waals surface area contributed by atoms with Crippen molar-refractivity contribution in [2.75, 3.05) is 0 Å². The summed E-state index contributed by atoms with van der Waals surface area (Å²) in [5.41, 5.74) is 1.33. The fourth-order valence-corrected chi connectivity index (χ4v) is 1.98. The van der Waals surface area contributed by atoms with Gasteiger partial charge in [0.25, 0.3) is 0 Å². The van der Waals surface area contributed by atoms with E-state index in [-0.39, 0.29) is 5.69 Å². The number of hydrogen-bond acceptors (Lipinski definition) is 2. The Morgan fingerprint density at radius 1 is 1.56 bits per heavy atom.